The smallest absolute Gasteiger partial charge is 0.252 e. The molecule has 28 heavy (non-hydrogen) atoms. The molecule has 0 bridgehead atoms. The van der Waals surface area contributed by atoms with Gasteiger partial charge in [-0.05, 0) is 44.0 Å². The largest absolute Gasteiger partial charge is 0.461 e. The van der Waals surface area contributed by atoms with Crippen molar-refractivity contribution in [2.75, 3.05) is 18.4 Å². The highest BCUT2D eigenvalue weighted by Gasteiger charge is 2.34. The van der Waals surface area contributed by atoms with Gasteiger partial charge < -0.3 is 4.42 Å². The number of anilines is 1. The zero-order chi connectivity index (χ0) is 19.7. The Morgan fingerprint density at radius 1 is 1.39 bits per heavy atom. The van der Waals surface area contributed by atoms with Crippen LogP contribution < -0.4 is 5.32 Å². The van der Waals surface area contributed by atoms with E-state index >= 15 is 0 Å². The van der Waals surface area contributed by atoms with Crippen molar-refractivity contribution in [3.63, 3.8) is 0 Å². The first-order valence-electron chi connectivity index (χ1n) is 8.77. The van der Waals surface area contributed by atoms with E-state index in [0.717, 1.165) is 4.88 Å². The van der Waals surface area contributed by atoms with E-state index in [4.69, 9.17) is 4.42 Å². The molecule has 11 heteroatoms. The van der Waals surface area contributed by atoms with E-state index in [2.05, 4.69) is 20.5 Å². The van der Waals surface area contributed by atoms with Crippen LogP contribution in [0.3, 0.4) is 0 Å². The number of aromatic nitrogens is 3. The number of H-pyrrole nitrogens is 1. The molecular formula is C17H19N5O4S2. The van der Waals surface area contributed by atoms with Crippen LogP contribution >= 0.6 is 11.3 Å². The van der Waals surface area contributed by atoms with Crippen LogP contribution in [-0.4, -0.2) is 46.9 Å². The SMILES string of the molecule is Cc1ccc(S(=O)(=O)N2CCC[C@@H](C(=O)Nc3n[nH]c(-c4ccco4)n3)C2)s1. The maximum atomic E-state index is 12.8. The molecule has 2 N–H and O–H groups in total. The van der Waals surface area contributed by atoms with Crippen molar-refractivity contribution < 1.29 is 17.6 Å². The zero-order valence-corrected chi connectivity index (χ0v) is 16.7. The van der Waals surface area contributed by atoms with Gasteiger partial charge in [-0.3, -0.25) is 15.2 Å². The van der Waals surface area contributed by atoms with Crippen LogP contribution in [0.2, 0.25) is 0 Å². The van der Waals surface area contributed by atoms with Gasteiger partial charge in [0.25, 0.3) is 10.0 Å². The molecule has 0 spiro atoms. The van der Waals surface area contributed by atoms with Crippen LogP contribution in [-0.2, 0) is 14.8 Å². The van der Waals surface area contributed by atoms with Crippen LogP contribution in [0.25, 0.3) is 11.6 Å². The molecule has 3 aromatic rings. The number of thiophene rings is 1. The predicted molar refractivity (Wildman–Crippen MR) is 103 cm³/mol. The summed E-state index contributed by atoms with van der Waals surface area (Å²) >= 11 is 1.24. The minimum atomic E-state index is -3.58. The summed E-state index contributed by atoms with van der Waals surface area (Å²) in [5.41, 5.74) is 0. The van der Waals surface area contributed by atoms with Crippen LogP contribution in [0, 0.1) is 12.8 Å². The topological polar surface area (TPSA) is 121 Å². The van der Waals surface area contributed by atoms with Gasteiger partial charge in [0.15, 0.2) is 11.6 Å². The molecule has 0 saturated carbocycles. The average molecular weight is 422 g/mol. The molecule has 3 aromatic heterocycles. The fourth-order valence-corrected chi connectivity index (χ4v) is 6.07. The Hall–Kier alpha value is -2.50. The van der Waals surface area contributed by atoms with Crippen molar-refractivity contribution >= 4 is 33.2 Å². The molecule has 1 aliphatic rings. The van der Waals surface area contributed by atoms with Gasteiger partial charge in [-0.15, -0.1) is 16.4 Å². The molecule has 1 saturated heterocycles. The maximum absolute atomic E-state index is 12.8. The number of rotatable bonds is 5. The number of hydrogen-bond acceptors (Lipinski definition) is 7. The second kappa shape index (κ2) is 7.49. The van der Waals surface area contributed by atoms with Crippen molar-refractivity contribution in [1.82, 2.24) is 19.5 Å². The summed E-state index contributed by atoms with van der Waals surface area (Å²) in [6.07, 6.45) is 2.74. The lowest BCUT2D eigenvalue weighted by Gasteiger charge is -2.30. The summed E-state index contributed by atoms with van der Waals surface area (Å²) in [6.45, 7) is 2.41. The molecule has 0 aromatic carbocycles. The lowest BCUT2D eigenvalue weighted by atomic mass is 9.99. The molecule has 0 unspecified atom stereocenters. The molecule has 1 amide bonds. The van der Waals surface area contributed by atoms with Crippen LogP contribution in [0.1, 0.15) is 17.7 Å². The third-order valence-corrected chi connectivity index (χ3v) is 7.87. The fraction of sp³-hybridized carbons (Fsp3) is 0.353. The summed E-state index contributed by atoms with van der Waals surface area (Å²) in [5, 5.41) is 9.32. The fourth-order valence-electron chi connectivity index (χ4n) is 3.11. The number of furan rings is 1. The summed E-state index contributed by atoms with van der Waals surface area (Å²) in [6, 6.07) is 6.85. The van der Waals surface area contributed by atoms with E-state index in [1.54, 1.807) is 24.3 Å². The molecule has 1 atom stereocenters. The molecule has 0 aliphatic carbocycles. The third kappa shape index (κ3) is 3.73. The standard InChI is InChI=1S/C17H19N5O4S2/c1-11-6-7-14(27-11)28(24,25)22-8-2-4-12(10-22)16(23)19-17-18-15(20-21-17)13-5-3-9-26-13/h3,5-7,9,12H,2,4,8,10H2,1H3,(H2,18,19,20,21,23)/t12-/m1/s1. The predicted octanol–water partition coefficient (Wildman–Crippen LogP) is 2.47. The number of aryl methyl sites for hydroxylation is 1. The number of hydrogen-bond donors (Lipinski definition) is 2. The Morgan fingerprint density at radius 2 is 2.25 bits per heavy atom. The second-order valence-corrected chi connectivity index (χ2v) is 9.99. The van der Waals surface area contributed by atoms with E-state index < -0.39 is 15.9 Å². The number of carbonyl (C=O) groups excluding carboxylic acids is 1. The normalized spacial score (nSPS) is 18.2. The van der Waals surface area contributed by atoms with Gasteiger partial charge in [0.2, 0.25) is 11.9 Å². The monoisotopic (exact) mass is 421 g/mol. The van der Waals surface area contributed by atoms with Gasteiger partial charge in [0, 0.05) is 18.0 Å². The zero-order valence-electron chi connectivity index (χ0n) is 15.1. The van der Waals surface area contributed by atoms with Crippen molar-refractivity contribution in [3.05, 3.63) is 35.4 Å². The van der Waals surface area contributed by atoms with Gasteiger partial charge in [-0.1, -0.05) is 0 Å². The summed E-state index contributed by atoms with van der Waals surface area (Å²) in [7, 11) is -3.58. The highest BCUT2D eigenvalue weighted by molar-refractivity contribution is 7.91. The van der Waals surface area contributed by atoms with E-state index in [0.29, 0.717) is 35.2 Å². The van der Waals surface area contributed by atoms with Crippen molar-refractivity contribution in [2.24, 2.45) is 5.92 Å². The quantitative estimate of drug-likeness (QED) is 0.653. The Bertz CT molecular complexity index is 1070. The first kappa shape index (κ1) is 18.8. The molecule has 4 heterocycles. The molecule has 1 aliphatic heterocycles. The highest BCUT2D eigenvalue weighted by Crippen LogP contribution is 2.28. The van der Waals surface area contributed by atoms with Crippen LogP contribution in [0.15, 0.2) is 39.2 Å². The van der Waals surface area contributed by atoms with Crippen molar-refractivity contribution in [2.45, 2.75) is 24.0 Å². The second-order valence-electron chi connectivity index (χ2n) is 6.54. The Balaban J connectivity index is 1.44. The maximum Gasteiger partial charge on any atom is 0.252 e. The van der Waals surface area contributed by atoms with E-state index in [-0.39, 0.29) is 18.4 Å². The van der Waals surface area contributed by atoms with E-state index in [9.17, 15) is 13.2 Å². The molecular weight excluding hydrogens is 402 g/mol. The number of sulfonamides is 1. The van der Waals surface area contributed by atoms with Crippen LogP contribution in [0.5, 0.6) is 0 Å². The van der Waals surface area contributed by atoms with Gasteiger partial charge in [-0.2, -0.15) is 9.29 Å². The first-order chi connectivity index (χ1) is 13.4. The first-order valence-corrected chi connectivity index (χ1v) is 11.0. The third-order valence-electron chi connectivity index (χ3n) is 4.54. The molecule has 148 valence electrons. The average Bonchev–Trinajstić information content (AvgIpc) is 3.43. The summed E-state index contributed by atoms with van der Waals surface area (Å²) < 4.78 is 32.6. The summed E-state index contributed by atoms with van der Waals surface area (Å²) in [4.78, 5) is 17.7. The minimum absolute atomic E-state index is 0.130. The Kier molecular flexibility index (Phi) is 5.04. The minimum Gasteiger partial charge on any atom is -0.461 e. The van der Waals surface area contributed by atoms with Crippen LogP contribution in [0.4, 0.5) is 5.95 Å². The molecule has 9 nitrogen and oxygen atoms in total. The van der Waals surface area contributed by atoms with Crippen molar-refractivity contribution in [1.29, 1.82) is 0 Å². The lowest BCUT2D eigenvalue weighted by molar-refractivity contribution is -0.120. The number of amides is 1. The number of piperidine rings is 1. The van der Waals surface area contributed by atoms with Crippen molar-refractivity contribution in [3.8, 4) is 11.6 Å². The van der Waals surface area contributed by atoms with E-state index in [1.807, 2.05) is 6.92 Å². The number of carbonyl (C=O) groups is 1. The number of aromatic amines is 1. The van der Waals surface area contributed by atoms with Gasteiger partial charge in [0.1, 0.15) is 4.21 Å². The van der Waals surface area contributed by atoms with Gasteiger partial charge >= 0.3 is 0 Å². The number of nitrogens with one attached hydrogen (secondary N) is 2. The van der Waals surface area contributed by atoms with Gasteiger partial charge in [0.05, 0.1) is 12.2 Å². The number of nitrogens with zero attached hydrogens (tertiary/aromatic N) is 3. The Labute approximate surface area is 165 Å². The molecule has 4 rings (SSSR count). The highest BCUT2D eigenvalue weighted by atomic mass is 32.2. The molecule has 1 fully saturated rings. The van der Waals surface area contributed by atoms with Gasteiger partial charge in [-0.25, -0.2) is 8.42 Å². The van der Waals surface area contributed by atoms with E-state index in [1.165, 1.54) is 21.9 Å². The lowest BCUT2D eigenvalue weighted by Crippen LogP contribution is -2.43. The molecule has 0 radical (unpaired) electrons. The summed E-state index contributed by atoms with van der Waals surface area (Å²) in [5.74, 6) is 0.281. The Morgan fingerprint density at radius 3 is 2.96 bits per heavy atom.